The molecule has 0 spiro atoms. The van der Waals surface area contributed by atoms with E-state index in [0.29, 0.717) is 25.7 Å². The second-order valence-corrected chi connectivity index (χ2v) is 6.80. The van der Waals surface area contributed by atoms with Crippen molar-refractivity contribution < 1.29 is 14.6 Å². The van der Waals surface area contributed by atoms with E-state index < -0.39 is 11.5 Å². The number of Topliss-reactive ketones (excluding diaryl/α,β-unsaturated/α-hetero) is 1. The number of methoxy groups -OCH3 is 1. The van der Waals surface area contributed by atoms with Crippen LogP contribution in [-0.4, -0.2) is 24.1 Å². The molecule has 1 aromatic rings. The molecular weight excluding hydrogens is 288 g/mol. The van der Waals surface area contributed by atoms with Gasteiger partial charge in [-0.25, -0.2) is 0 Å². The van der Waals surface area contributed by atoms with Gasteiger partial charge in [0.2, 0.25) is 0 Å². The van der Waals surface area contributed by atoms with Crippen LogP contribution in [0.3, 0.4) is 0 Å². The monoisotopic (exact) mass is 314 g/mol. The summed E-state index contributed by atoms with van der Waals surface area (Å²) in [6.45, 7) is 2.02. The third-order valence-electron chi connectivity index (χ3n) is 5.73. The number of carbonyl (C=O) groups excluding carboxylic acids is 1. The van der Waals surface area contributed by atoms with Crippen LogP contribution in [0.2, 0.25) is 0 Å². The number of aryl methyl sites for hydroxylation is 1. The third-order valence-corrected chi connectivity index (χ3v) is 5.73. The number of hydrogen-bond donors (Lipinski definition) is 1. The maximum atomic E-state index is 12.3. The minimum absolute atomic E-state index is 0.232. The molecule has 0 heterocycles. The molecule has 3 heteroatoms. The molecule has 0 saturated heterocycles. The summed E-state index contributed by atoms with van der Waals surface area (Å²) in [4.78, 5) is 12.3. The Kier molecular flexibility index (Phi) is 4.58. The predicted molar refractivity (Wildman–Crippen MR) is 91.5 cm³/mol. The summed E-state index contributed by atoms with van der Waals surface area (Å²) in [5.41, 5.74) is 3.36. The first-order chi connectivity index (χ1) is 11.1. The van der Waals surface area contributed by atoms with Crippen LogP contribution in [0, 0.1) is 5.41 Å². The Morgan fingerprint density at radius 1 is 1.35 bits per heavy atom. The molecule has 1 N–H and O–H groups in total. The zero-order valence-corrected chi connectivity index (χ0v) is 14.1. The second-order valence-electron chi connectivity index (χ2n) is 6.80. The molecule has 0 radical (unpaired) electrons. The van der Waals surface area contributed by atoms with Crippen molar-refractivity contribution in [3.63, 3.8) is 0 Å². The molecular formula is C20H26O3. The number of fused-ring (bicyclic) bond motifs is 1. The molecule has 0 bridgehead atoms. The summed E-state index contributed by atoms with van der Waals surface area (Å²) in [5, 5.41) is 10.3. The summed E-state index contributed by atoms with van der Waals surface area (Å²) in [6, 6.07) is 6.25. The fourth-order valence-corrected chi connectivity index (χ4v) is 4.14. The van der Waals surface area contributed by atoms with Crippen LogP contribution >= 0.6 is 0 Å². The van der Waals surface area contributed by atoms with Gasteiger partial charge in [0, 0.05) is 6.42 Å². The predicted octanol–water partition coefficient (Wildman–Crippen LogP) is 3.93. The van der Waals surface area contributed by atoms with Crippen molar-refractivity contribution in [2.24, 2.45) is 5.41 Å². The number of aliphatic hydroxyl groups is 1. The largest absolute Gasteiger partial charge is 0.497 e. The van der Waals surface area contributed by atoms with Crippen molar-refractivity contribution in [3.8, 4) is 5.75 Å². The van der Waals surface area contributed by atoms with Gasteiger partial charge in [0.25, 0.3) is 0 Å². The smallest absolute Gasteiger partial charge is 0.142 e. The van der Waals surface area contributed by atoms with E-state index in [9.17, 15) is 9.90 Å². The molecule has 23 heavy (non-hydrogen) atoms. The van der Waals surface area contributed by atoms with Crippen molar-refractivity contribution in [1.82, 2.24) is 0 Å². The van der Waals surface area contributed by atoms with Crippen LogP contribution in [0.15, 0.2) is 24.3 Å². The summed E-state index contributed by atoms with van der Waals surface area (Å²) in [7, 11) is 1.69. The SMILES string of the molecule is CCC1(CC=C2CCCc3cc(OC)ccc32)C(=O)CC[C@@H]1O. The lowest BCUT2D eigenvalue weighted by atomic mass is 9.76. The molecule has 0 aliphatic heterocycles. The molecule has 1 saturated carbocycles. The Morgan fingerprint density at radius 2 is 2.17 bits per heavy atom. The molecule has 2 atom stereocenters. The lowest BCUT2D eigenvalue weighted by Gasteiger charge is -2.29. The van der Waals surface area contributed by atoms with Gasteiger partial charge in [-0.15, -0.1) is 0 Å². The fraction of sp³-hybridized carbons (Fsp3) is 0.550. The van der Waals surface area contributed by atoms with E-state index in [4.69, 9.17) is 4.74 Å². The first-order valence-electron chi connectivity index (χ1n) is 8.68. The van der Waals surface area contributed by atoms with Crippen LogP contribution < -0.4 is 4.74 Å². The van der Waals surface area contributed by atoms with Gasteiger partial charge in [-0.1, -0.05) is 19.1 Å². The van der Waals surface area contributed by atoms with Crippen LogP contribution in [0.25, 0.3) is 5.57 Å². The van der Waals surface area contributed by atoms with Crippen molar-refractivity contribution in [3.05, 3.63) is 35.4 Å². The highest BCUT2D eigenvalue weighted by Gasteiger charge is 2.46. The number of carbonyl (C=O) groups is 1. The standard InChI is InChI=1S/C20H26O3/c1-3-20(18(21)9-10-19(20)22)12-11-14-5-4-6-15-13-16(23-2)7-8-17(14)15/h7-8,11,13,18,21H,3-6,9-10,12H2,1-2H3/t18-,20?/m0/s1. The van der Waals surface area contributed by atoms with Gasteiger partial charge in [0.05, 0.1) is 18.6 Å². The molecule has 0 aromatic heterocycles. The quantitative estimate of drug-likeness (QED) is 0.916. The molecule has 124 valence electrons. The van der Waals surface area contributed by atoms with E-state index in [2.05, 4.69) is 18.2 Å². The maximum Gasteiger partial charge on any atom is 0.142 e. The summed E-state index contributed by atoms with van der Waals surface area (Å²) in [5.74, 6) is 1.13. The van der Waals surface area contributed by atoms with Gasteiger partial charge in [0.15, 0.2) is 0 Å². The molecule has 2 aliphatic carbocycles. The van der Waals surface area contributed by atoms with Crippen LogP contribution in [0.4, 0.5) is 0 Å². The lowest BCUT2D eigenvalue weighted by Crippen LogP contribution is -2.35. The number of ether oxygens (including phenoxy) is 1. The van der Waals surface area contributed by atoms with Gasteiger partial charge in [-0.2, -0.15) is 0 Å². The fourth-order valence-electron chi connectivity index (χ4n) is 4.14. The number of hydrogen-bond acceptors (Lipinski definition) is 3. The number of benzene rings is 1. The van der Waals surface area contributed by atoms with E-state index in [1.165, 1.54) is 16.7 Å². The Morgan fingerprint density at radius 3 is 2.83 bits per heavy atom. The van der Waals surface area contributed by atoms with E-state index in [-0.39, 0.29) is 5.78 Å². The van der Waals surface area contributed by atoms with E-state index >= 15 is 0 Å². The highest BCUT2D eigenvalue weighted by molar-refractivity contribution is 5.88. The summed E-state index contributed by atoms with van der Waals surface area (Å²) >= 11 is 0. The third kappa shape index (κ3) is 2.83. The topological polar surface area (TPSA) is 46.5 Å². The van der Waals surface area contributed by atoms with Crippen LogP contribution in [0.5, 0.6) is 5.75 Å². The number of allylic oxidation sites excluding steroid dienone is 2. The second kappa shape index (κ2) is 6.48. The van der Waals surface area contributed by atoms with Gasteiger partial charge < -0.3 is 9.84 Å². The van der Waals surface area contributed by atoms with Crippen LogP contribution in [0.1, 0.15) is 56.6 Å². The first-order valence-corrected chi connectivity index (χ1v) is 8.68. The zero-order chi connectivity index (χ0) is 16.4. The summed E-state index contributed by atoms with van der Waals surface area (Å²) in [6.07, 6.45) is 7.47. The molecule has 1 fully saturated rings. The van der Waals surface area contributed by atoms with E-state index in [1.807, 2.05) is 13.0 Å². The normalized spacial score (nSPS) is 28.9. The Balaban J connectivity index is 1.88. The highest BCUT2D eigenvalue weighted by atomic mass is 16.5. The van der Waals surface area contributed by atoms with Gasteiger partial charge in [0.1, 0.15) is 11.5 Å². The van der Waals surface area contributed by atoms with Crippen molar-refractivity contribution in [2.75, 3.05) is 7.11 Å². The minimum atomic E-state index is -0.558. The summed E-state index contributed by atoms with van der Waals surface area (Å²) < 4.78 is 5.32. The number of rotatable bonds is 4. The highest BCUT2D eigenvalue weighted by Crippen LogP contribution is 2.43. The number of aliphatic hydroxyl groups excluding tert-OH is 1. The average Bonchev–Trinajstić information content (AvgIpc) is 2.87. The number of ketones is 1. The average molecular weight is 314 g/mol. The molecule has 1 aromatic carbocycles. The van der Waals surface area contributed by atoms with Crippen molar-refractivity contribution >= 4 is 11.4 Å². The Bertz CT molecular complexity index is 632. The van der Waals surface area contributed by atoms with Gasteiger partial charge in [-0.05, 0) is 67.4 Å². The van der Waals surface area contributed by atoms with E-state index in [1.54, 1.807) is 7.11 Å². The Hall–Kier alpha value is -1.61. The first kappa shape index (κ1) is 16.3. The maximum absolute atomic E-state index is 12.3. The molecule has 0 amide bonds. The van der Waals surface area contributed by atoms with Crippen LogP contribution in [-0.2, 0) is 11.2 Å². The minimum Gasteiger partial charge on any atom is -0.497 e. The lowest BCUT2D eigenvalue weighted by molar-refractivity contribution is -0.129. The molecule has 1 unspecified atom stereocenters. The van der Waals surface area contributed by atoms with Gasteiger partial charge >= 0.3 is 0 Å². The molecule has 3 nitrogen and oxygen atoms in total. The van der Waals surface area contributed by atoms with Gasteiger partial charge in [-0.3, -0.25) is 4.79 Å². The van der Waals surface area contributed by atoms with Crippen molar-refractivity contribution in [2.45, 2.75) is 58.0 Å². The molecule has 2 aliphatic rings. The van der Waals surface area contributed by atoms with Crippen molar-refractivity contribution in [1.29, 1.82) is 0 Å². The zero-order valence-electron chi connectivity index (χ0n) is 14.1. The molecule has 3 rings (SSSR count). The Labute approximate surface area is 138 Å². The van der Waals surface area contributed by atoms with E-state index in [0.717, 1.165) is 25.0 Å².